The Kier molecular flexibility index (Phi) is 5.86. The molecule has 1 fully saturated rings. The van der Waals surface area contributed by atoms with Gasteiger partial charge < -0.3 is 9.64 Å². The van der Waals surface area contributed by atoms with Crippen molar-refractivity contribution >= 4 is 43.1 Å². The fourth-order valence-electron chi connectivity index (χ4n) is 3.36. The van der Waals surface area contributed by atoms with Gasteiger partial charge in [-0.2, -0.15) is 0 Å². The first-order chi connectivity index (χ1) is 12.8. The van der Waals surface area contributed by atoms with Gasteiger partial charge in [-0.15, -0.1) is 11.3 Å². The fourth-order valence-corrected chi connectivity index (χ4v) is 6.02. The summed E-state index contributed by atoms with van der Waals surface area (Å²) in [7, 11) is -3.10. The zero-order chi connectivity index (χ0) is 19.6. The molecule has 146 valence electrons. The number of esters is 1. The van der Waals surface area contributed by atoms with E-state index in [2.05, 4.69) is 0 Å². The molecule has 8 heteroatoms. The van der Waals surface area contributed by atoms with Crippen molar-refractivity contribution in [2.24, 2.45) is 0 Å². The summed E-state index contributed by atoms with van der Waals surface area (Å²) in [5, 5.41) is 0.957. The van der Waals surface area contributed by atoms with Crippen LogP contribution in [-0.4, -0.2) is 55.4 Å². The number of benzene rings is 1. The monoisotopic (exact) mass is 409 g/mol. The van der Waals surface area contributed by atoms with E-state index in [0.29, 0.717) is 17.7 Å². The van der Waals surface area contributed by atoms with Crippen LogP contribution in [0.3, 0.4) is 0 Å². The van der Waals surface area contributed by atoms with E-state index in [1.807, 2.05) is 38.1 Å². The lowest BCUT2D eigenvalue weighted by Crippen LogP contribution is -2.48. The lowest BCUT2D eigenvalue weighted by Gasteiger charge is -2.33. The molecule has 27 heavy (non-hydrogen) atoms. The molecule has 1 amide bonds. The Bertz CT molecular complexity index is 917. The maximum atomic E-state index is 12.7. The Morgan fingerprint density at radius 2 is 2.07 bits per heavy atom. The van der Waals surface area contributed by atoms with Gasteiger partial charge in [0.25, 0.3) is 5.91 Å². The van der Waals surface area contributed by atoms with Crippen LogP contribution in [0.1, 0.15) is 36.4 Å². The van der Waals surface area contributed by atoms with Gasteiger partial charge in [-0.25, -0.2) is 13.2 Å². The first-order valence-electron chi connectivity index (χ1n) is 8.98. The average Bonchev–Trinajstić information content (AvgIpc) is 3.22. The van der Waals surface area contributed by atoms with Crippen molar-refractivity contribution in [1.82, 2.24) is 4.90 Å². The summed E-state index contributed by atoms with van der Waals surface area (Å²) in [5.41, 5.74) is 0. The van der Waals surface area contributed by atoms with Gasteiger partial charge in [-0.05, 0) is 37.3 Å². The van der Waals surface area contributed by atoms with Gasteiger partial charge in [0.1, 0.15) is 4.88 Å². The van der Waals surface area contributed by atoms with Crippen LogP contribution >= 0.6 is 11.3 Å². The summed E-state index contributed by atoms with van der Waals surface area (Å²) in [5.74, 6) is -0.805. The number of hydrogen-bond donors (Lipinski definition) is 0. The summed E-state index contributed by atoms with van der Waals surface area (Å²) in [4.78, 5) is 27.1. The number of rotatable bonds is 6. The highest BCUT2D eigenvalue weighted by molar-refractivity contribution is 7.91. The minimum atomic E-state index is -3.10. The maximum Gasteiger partial charge on any atom is 0.348 e. The van der Waals surface area contributed by atoms with Crippen LogP contribution in [0.2, 0.25) is 0 Å². The Morgan fingerprint density at radius 1 is 1.33 bits per heavy atom. The Morgan fingerprint density at radius 3 is 2.70 bits per heavy atom. The molecule has 1 aromatic carbocycles. The first kappa shape index (κ1) is 19.8. The van der Waals surface area contributed by atoms with Crippen molar-refractivity contribution in [3.8, 4) is 0 Å². The van der Waals surface area contributed by atoms with E-state index in [4.69, 9.17) is 4.74 Å². The molecule has 0 spiro atoms. The molecule has 6 nitrogen and oxygen atoms in total. The molecular formula is C19H23NO5S2. The number of ether oxygens (including phenoxy) is 1. The van der Waals surface area contributed by atoms with Gasteiger partial charge in [0.15, 0.2) is 16.4 Å². The first-order valence-corrected chi connectivity index (χ1v) is 11.6. The lowest BCUT2D eigenvalue weighted by molar-refractivity contribution is -0.138. The summed E-state index contributed by atoms with van der Waals surface area (Å²) >= 11 is 1.32. The smallest absolute Gasteiger partial charge is 0.348 e. The largest absolute Gasteiger partial charge is 0.451 e. The minimum absolute atomic E-state index is 0.0205. The van der Waals surface area contributed by atoms with E-state index in [1.165, 1.54) is 11.3 Å². The van der Waals surface area contributed by atoms with E-state index < -0.39 is 15.8 Å². The predicted octanol–water partition coefficient (Wildman–Crippen LogP) is 2.87. The highest BCUT2D eigenvalue weighted by Gasteiger charge is 2.36. The van der Waals surface area contributed by atoms with E-state index in [-0.39, 0.29) is 36.1 Å². The molecule has 2 atom stereocenters. The van der Waals surface area contributed by atoms with E-state index >= 15 is 0 Å². The van der Waals surface area contributed by atoms with Gasteiger partial charge >= 0.3 is 5.97 Å². The van der Waals surface area contributed by atoms with Gasteiger partial charge in [-0.1, -0.05) is 25.1 Å². The predicted molar refractivity (Wildman–Crippen MR) is 106 cm³/mol. The highest BCUT2D eigenvalue weighted by Crippen LogP contribution is 2.26. The van der Waals surface area contributed by atoms with Crippen LogP contribution in [-0.2, 0) is 19.4 Å². The number of carbonyl (C=O) groups excluding carboxylic acids is 2. The molecule has 0 bridgehead atoms. The van der Waals surface area contributed by atoms with Crippen molar-refractivity contribution < 1.29 is 22.7 Å². The van der Waals surface area contributed by atoms with Crippen molar-refractivity contribution in [1.29, 1.82) is 0 Å². The normalized spacial score (nSPS) is 19.7. The second kappa shape index (κ2) is 7.98. The molecule has 1 saturated heterocycles. The molecule has 0 radical (unpaired) electrons. The number of thiophene rings is 1. The molecule has 3 rings (SSSR count). The average molecular weight is 410 g/mol. The number of amides is 1. The topological polar surface area (TPSA) is 80.8 Å². The number of sulfone groups is 1. The highest BCUT2D eigenvalue weighted by atomic mass is 32.2. The van der Waals surface area contributed by atoms with Crippen molar-refractivity contribution in [3.63, 3.8) is 0 Å². The summed E-state index contributed by atoms with van der Waals surface area (Å²) < 4.78 is 29.8. The standard InChI is InChI=1S/C19H23NO5S2/c1-3-13(2)20(15-8-9-27(23,24)12-15)18(21)11-25-19(22)17-10-14-6-4-5-7-16(14)26-17/h4-7,10,13,15H,3,8-9,11-12H2,1-2H3/t13-,15-/m1/s1. The second-order valence-electron chi connectivity index (χ2n) is 6.84. The molecule has 0 unspecified atom stereocenters. The third-order valence-electron chi connectivity index (χ3n) is 4.91. The third-order valence-corrected chi connectivity index (χ3v) is 7.76. The van der Waals surface area contributed by atoms with Crippen LogP contribution in [0.25, 0.3) is 10.1 Å². The van der Waals surface area contributed by atoms with Crippen molar-refractivity contribution in [2.75, 3.05) is 18.1 Å². The third kappa shape index (κ3) is 4.50. The van der Waals surface area contributed by atoms with E-state index in [0.717, 1.165) is 10.1 Å². The van der Waals surface area contributed by atoms with Crippen LogP contribution in [0.15, 0.2) is 30.3 Å². The van der Waals surface area contributed by atoms with E-state index in [9.17, 15) is 18.0 Å². The SMILES string of the molecule is CC[C@@H](C)N(C(=O)COC(=O)c1cc2ccccc2s1)[C@@H]1CCS(=O)(=O)C1. The van der Waals surface area contributed by atoms with Crippen LogP contribution in [0, 0.1) is 0 Å². The Hall–Kier alpha value is -1.93. The summed E-state index contributed by atoms with van der Waals surface area (Å²) in [6.07, 6.45) is 1.13. The zero-order valence-electron chi connectivity index (χ0n) is 15.4. The van der Waals surface area contributed by atoms with Gasteiger partial charge in [0.05, 0.1) is 11.5 Å². The minimum Gasteiger partial charge on any atom is -0.451 e. The number of nitrogens with zero attached hydrogens (tertiary/aromatic N) is 1. The molecule has 1 aromatic heterocycles. The van der Waals surface area contributed by atoms with Gasteiger partial charge in [-0.3, -0.25) is 4.79 Å². The molecule has 2 heterocycles. The molecule has 0 saturated carbocycles. The van der Waals surface area contributed by atoms with Crippen molar-refractivity contribution in [3.05, 3.63) is 35.2 Å². The lowest BCUT2D eigenvalue weighted by atomic mass is 10.1. The number of fused-ring (bicyclic) bond motifs is 1. The summed E-state index contributed by atoms with van der Waals surface area (Å²) in [6, 6.07) is 8.93. The molecular weight excluding hydrogens is 386 g/mol. The Labute approximate surface area is 163 Å². The molecule has 0 N–H and O–H groups in total. The molecule has 0 aliphatic carbocycles. The van der Waals surface area contributed by atoms with Crippen LogP contribution in [0.5, 0.6) is 0 Å². The van der Waals surface area contributed by atoms with E-state index in [1.54, 1.807) is 11.0 Å². The zero-order valence-corrected chi connectivity index (χ0v) is 17.0. The summed E-state index contributed by atoms with van der Waals surface area (Å²) in [6.45, 7) is 3.45. The fraction of sp³-hybridized carbons (Fsp3) is 0.474. The van der Waals surface area contributed by atoms with Crippen molar-refractivity contribution in [2.45, 2.75) is 38.8 Å². The number of hydrogen-bond acceptors (Lipinski definition) is 6. The van der Waals surface area contributed by atoms with Gasteiger partial charge in [0.2, 0.25) is 0 Å². The second-order valence-corrected chi connectivity index (χ2v) is 10.2. The molecule has 1 aliphatic rings. The molecule has 2 aromatic rings. The van der Waals surface area contributed by atoms with Crippen LogP contribution in [0.4, 0.5) is 0 Å². The quantitative estimate of drug-likeness (QED) is 0.686. The Balaban J connectivity index is 1.67. The van der Waals surface area contributed by atoms with Crippen LogP contribution < -0.4 is 0 Å². The maximum absolute atomic E-state index is 12.7. The molecule has 1 aliphatic heterocycles. The van der Waals surface area contributed by atoms with Gasteiger partial charge in [0, 0.05) is 16.8 Å². The number of carbonyl (C=O) groups is 2.